The molecule has 152 valence electrons. The summed E-state index contributed by atoms with van der Waals surface area (Å²) in [5, 5.41) is 2.80. The number of hydrogen-bond acceptors (Lipinski definition) is 4. The second-order valence-corrected chi connectivity index (χ2v) is 8.87. The maximum atomic E-state index is 13.3. The molecule has 0 saturated carbocycles. The number of sulfonamides is 1. The third-order valence-electron chi connectivity index (χ3n) is 4.33. The first-order valence-electron chi connectivity index (χ1n) is 9.25. The minimum atomic E-state index is -3.92. The molecule has 28 heavy (non-hydrogen) atoms. The first kappa shape index (κ1) is 21.8. The quantitative estimate of drug-likeness (QED) is 0.695. The third-order valence-corrected chi connectivity index (χ3v) is 6.10. The lowest BCUT2D eigenvalue weighted by molar-refractivity contribution is -0.119. The summed E-state index contributed by atoms with van der Waals surface area (Å²) in [5.41, 5.74) is 1.15. The summed E-state index contributed by atoms with van der Waals surface area (Å²) < 4.78 is 33.0. The molecule has 0 aliphatic carbocycles. The van der Waals surface area contributed by atoms with E-state index in [1.807, 2.05) is 0 Å². The number of carbonyl (C=O) groups is 1. The van der Waals surface area contributed by atoms with Gasteiger partial charge in [0.25, 0.3) is 10.0 Å². The van der Waals surface area contributed by atoms with Gasteiger partial charge in [-0.1, -0.05) is 32.0 Å². The number of benzene rings is 2. The van der Waals surface area contributed by atoms with Crippen molar-refractivity contribution in [2.45, 2.75) is 32.1 Å². The van der Waals surface area contributed by atoms with Gasteiger partial charge in [0.05, 0.1) is 17.7 Å². The number of amides is 1. The number of rotatable bonds is 9. The van der Waals surface area contributed by atoms with E-state index in [0.29, 0.717) is 29.5 Å². The van der Waals surface area contributed by atoms with Gasteiger partial charge in [-0.3, -0.25) is 9.10 Å². The number of para-hydroxylation sites is 1. The summed E-state index contributed by atoms with van der Waals surface area (Å²) >= 11 is 0. The molecule has 0 saturated heterocycles. The summed E-state index contributed by atoms with van der Waals surface area (Å²) in [4.78, 5) is 12.5. The molecule has 2 aromatic carbocycles. The molecule has 0 aliphatic rings. The van der Waals surface area contributed by atoms with E-state index in [-0.39, 0.29) is 17.3 Å². The van der Waals surface area contributed by atoms with Crippen LogP contribution in [0, 0.1) is 12.8 Å². The molecule has 0 radical (unpaired) electrons. The van der Waals surface area contributed by atoms with Gasteiger partial charge in [0.2, 0.25) is 5.91 Å². The summed E-state index contributed by atoms with van der Waals surface area (Å²) in [7, 11) is -2.39. The highest BCUT2D eigenvalue weighted by Crippen LogP contribution is 2.27. The fourth-order valence-electron chi connectivity index (χ4n) is 2.73. The Balaban J connectivity index is 2.33. The van der Waals surface area contributed by atoms with Crippen molar-refractivity contribution in [2.75, 3.05) is 24.5 Å². The van der Waals surface area contributed by atoms with Gasteiger partial charge in [-0.05, 0) is 55.2 Å². The Labute approximate surface area is 167 Å². The summed E-state index contributed by atoms with van der Waals surface area (Å²) in [6.45, 7) is 6.15. The van der Waals surface area contributed by atoms with Crippen LogP contribution < -0.4 is 14.4 Å². The van der Waals surface area contributed by atoms with Crippen LogP contribution in [0.1, 0.15) is 25.8 Å². The van der Waals surface area contributed by atoms with Crippen LogP contribution in [0.15, 0.2) is 53.4 Å². The monoisotopic (exact) mass is 404 g/mol. The molecule has 0 fully saturated rings. The molecule has 0 aromatic heterocycles. The molecular formula is C21H28N2O4S. The van der Waals surface area contributed by atoms with Gasteiger partial charge in [-0.25, -0.2) is 8.42 Å². The molecule has 0 atom stereocenters. The lowest BCUT2D eigenvalue weighted by Crippen LogP contribution is -2.41. The zero-order chi connectivity index (χ0) is 20.7. The van der Waals surface area contributed by atoms with Crippen molar-refractivity contribution in [2.24, 2.45) is 5.92 Å². The highest BCUT2D eigenvalue weighted by Gasteiger charge is 2.27. The van der Waals surface area contributed by atoms with E-state index in [9.17, 15) is 13.2 Å². The fourth-order valence-corrected chi connectivity index (χ4v) is 4.24. The smallest absolute Gasteiger partial charge is 0.264 e. The van der Waals surface area contributed by atoms with Crippen LogP contribution in [0.3, 0.4) is 0 Å². The lowest BCUT2D eigenvalue weighted by atomic mass is 10.1. The minimum absolute atomic E-state index is 0.115. The van der Waals surface area contributed by atoms with Gasteiger partial charge in [-0.15, -0.1) is 0 Å². The van der Waals surface area contributed by atoms with Crippen LogP contribution in [0.2, 0.25) is 0 Å². The highest BCUT2D eigenvalue weighted by atomic mass is 32.2. The Morgan fingerprint density at radius 1 is 1.14 bits per heavy atom. The van der Waals surface area contributed by atoms with Gasteiger partial charge >= 0.3 is 0 Å². The zero-order valence-electron chi connectivity index (χ0n) is 16.8. The molecule has 1 amide bonds. The summed E-state index contributed by atoms with van der Waals surface area (Å²) in [6.07, 6.45) is 0.835. The van der Waals surface area contributed by atoms with Gasteiger partial charge in [0.1, 0.15) is 12.3 Å². The molecule has 6 nitrogen and oxygen atoms in total. The number of anilines is 1. The average molecular weight is 405 g/mol. The highest BCUT2D eigenvalue weighted by molar-refractivity contribution is 7.92. The van der Waals surface area contributed by atoms with Crippen LogP contribution >= 0.6 is 0 Å². The van der Waals surface area contributed by atoms with Crippen molar-refractivity contribution >= 4 is 21.6 Å². The topological polar surface area (TPSA) is 75.7 Å². The Bertz CT molecular complexity index is 896. The largest absolute Gasteiger partial charge is 0.496 e. The van der Waals surface area contributed by atoms with Crippen molar-refractivity contribution in [3.8, 4) is 5.75 Å². The van der Waals surface area contributed by atoms with E-state index in [2.05, 4.69) is 19.2 Å². The van der Waals surface area contributed by atoms with Crippen LogP contribution in [0.4, 0.5) is 5.69 Å². The van der Waals surface area contributed by atoms with E-state index in [1.54, 1.807) is 49.4 Å². The third kappa shape index (κ3) is 5.48. The maximum absolute atomic E-state index is 13.3. The number of aryl methyl sites for hydroxylation is 1. The molecule has 1 N–H and O–H groups in total. The summed E-state index contributed by atoms with van der Waals surface area (Å²) in [6, 6.07) is 13.3. The van der Waals surface area contributed by atoms with Crippen molar-refractivity contribution in [3.63, 3.8) is 0 Å². The molecular weight excluding hydrogens is 376 g/mol. The van der Waals surface area contributed by atoms with E-state index >= 15 is 0 Å². The van der Waals surface area contributed by atoms with Crippen LogP contribution in [0.5, 0.6) is 5.75 Å². The Morgan fingerprint density at radius 3 is 2.39 bits per heavy atom. The van der Waals surface area contributed by atoms with E-state index < -0.39 is 10.0 Å². The van der Waals surface area contributed by atoms with Crippen LogP contribution in [0.25, 0.3) is 0 Å². The van der Waals surface area contributed by atoms with Gasteiger partial charge in [-0.2, -0.15) is 0 Å². The van der Waals surface area contributed by atoms with Gasteiger partial charge in [0, 0.05) is 6.54 Å². The Morgan fingerprint density at radius 2 is 1.82 bits per heavy atom. The van der Waals surface area contributed by atoms with E-state index in [0.717, 1.165) is 10.7 Å². The van der Waals surface area contributed by atoms with Crippen molar-refractivity contribution in [1.29, 1.82) is 0 Å². The first-order chi connectivity index (χ1) is 13.3. The van der Waals surface area contributed by atoms with Crippen molar-refractivity contribution in [3.05, 3.63) is 54.1 Å². The second-order valence-electron chi connectivity index (χ2n) is 7.01. The molecule has 2 aromatic rings. The second kappa shape index (κ2) is 9.59. The SMILES string of the molecule is COc1ccc(S(=O)(=O)N(CC(=O)NCCC(C)C)c2ccccc2)cc1C. The van der Waals surface area contributed by atoms with Gasteiger partial charge in [0.15, 0.2) is 0 Å². The standard InChI is InChI=1S/C21H28N2O4S/c1-16(2)12-13-22-21(24)15-23(18-8-6-5-7-9-18)28(25,26)19-10-11-20(27-4)17(3)14-19/h5-11,14,16H,12-13,15H2,1-4H3,(H,22,24). The first-order valence-corrected chi connectivity index (χ1v) is 10.7. The predicted octanol–water partition coefficient (Wildman–Crippen LogP) is 3.36. The van der Waals surface area contributed by atoms with Gasteiger partial charge < -0.3 is 10.1 Å². The molecule has 0 bridgehead atoms. The summed E-state index contributed by atoms with van der Waals surface area (Å²) in [5.74, 6) is 0.728. The van der Waals surface area contributed by atoms with Crippen LogP contribution in [-0.2, 0) is 14.8 Å². The minimum Gasteiger partial charge on any atom is -0.496 e. The van der Waals surface area contributed by atoms with E-state index in [1.165, 1.54) is 13.2 Å². The van der Waals surface area contributed by atoms with E-state index in [4.69, 9.17) is 4.74 Å². The molecule has 2 rings (SSSR count). The van der Waals surface area contributed by atoms with Crippen molar-refractivity contribution < 1.29 is 17.9 Å². The number of nitrogens with one attached hydrogen (secondary N) is 1. The number of nitrogens with zero attached hydrogens (tertiary/aromatic N) is 1. The number of carbonyl (C=O) groups excluding carboxylic acids is 1. The fraction of sp³-hybridized carbons (Fsp3) is 0.381. The molecule has 0 heterocycles. The Hall–Kier alpha value is -2.54. The maximum Gasteiger partial charge on any atom is 0.264 e. The van der Waals surface area contributed by atoms with Crippen LogP contribution in [-0.4, -0.2) is 34.5 Å². The number of hydrogen-bond donors (Lipinski definition) is 1. The number of methoxy groups -OCH3 is 1. The molecule has 0 spiro atoms. The molecule has 0 unspecified atom stereocenters. The predicted molar refractivity (Wildman–Crippen MR) is 111 cm³/mol. The average Bonchev–Trinajstić information content (AvgIpc) is 2.66. The van der Waals surface area contributed by atoms with Crippen molar-refractivity contribution in [1.82, 2.24) is 5.32 Å². The molecule has 0 aliphatic heterocycles. The lowest BCUT2D eigenvalue weighted by Gasteiger charge is -2.24. The Kier molecular flexibility index (Phi) is 7.45. The zero-order valence-corrected chi connectivity index (χ0v) is 17.6. The number of ether oxygens (including phenoxy) is 1. The normalized spacial score (nSPS) is 11.3. The molecule has 7 heteroatoms.